The van der Waals surface area contributed by atoms with Gasteiger partial charge in [-0.3, -0.25) is 24.2 Å². The van der Waals surface area contributed by atoms with Crippen molar-refractivity contribution in [2.45, 2.75) is 43.9 Å². The Balaban J connectivity index is 1.48. The molecule has 220 valence electrons. The molecule has 1 saturated carbocycles. The highest BCUT2D eigenvalue weighted by Gasteiger charge is 2.64. The zero-order valence-corrected chi connectivity index (χ0v) is 23.6. The molecule has 4 atom stereocenters. The van der Waals surface area contributed by atoms with Gasteiger partial charge >= 0.3 is 0 Å². The number of phenols is 1. The number of hydrogen-bond acceptors (Lipinski definition) is 9. The van der Waals surface area contributed by atoms with Crippen LogP contribution >= 0.6 is 0 Å². The first-order chi connectivity index (χ1) is 19.9. The second-order valence-electron chi connectivity index (χ2n) is 12.1. The summed E-state index contributed by atoms with van der Waals surface area (Å²) in [5.41, 5.74) is 5.36. The number of likely N-dealkylation sites (N-methyl/N-ethyl adjacent to an activating group) is 1. The monoisotopic (exact) mass is 573 g/mol. The van der Waals surface area contributed by atoms with Crippen molar-refractivity contribution >= 4 is 23.2 Å². The average Bonchev–Trinajstić information content (AvgIpc) is 3.43. The minimum absolute atomic E-state index is 0.0514. The number of benzene rings is 2. The minimum atomic E-state index is -2.65. The Labute approximate surface area is 243 Å². The van der Waals surface area contributed by atoms with Crippen molar-refractivity contribution in [3.05, 3.63) is 70.0 Å². The number of aliphatic hydroxyl groups is 3. The quantitative estimate of drug-likeness (QED) is 0.337. The summed E-state index contributed by atoms with van der Waals surface area (Å²) in [6, 6.07) is 10.3. The van der Waals surface area contributed by atoms with E-state index in [1.807, 2.05) is 12.1 Å². The van der Waals surface area contributed by atoms with Gasteiger partial charge in [-0.05, 0) is 93.2 Å². The van der Waals surface area contributed by atoms with Crippen LogP contribution in [-0.4, -0.2) is 86.5 Å². The molecular formula is C32H35N3O7. The minimum Gasteiger partial charge on any atom is -0.508 e. The van der Waals surface area contributed by atoms with Crippen molar-refractivity contribution in [3.63, 3.8) is 0 Å². The van der Waals surface area contributed by atoms with E-state index in [-0.39, 0.29) is 29.7 Å². The van der Waals surface area contributed by atoms with Gasteiger partial charge in [-0.15, -0.1) is 0 Å². The Hall–Kier alpha value is -3.99. The number of primary amides is 1. The van der Waals surface area contributed by atoms with E-state index in [1.165, 1.54) is 23.8 Å². The van der Waals surface area contributed by atoms with Crippen LogP contribution in [0, 0.1) is 11.8 Å². The maximum Gasteiger partial charge on any atom is 0.255 e. The van der Waals surface area contributed by atoms with Gasteiger partial charge in [0.2, 0.25) is 5.78 Å². The molecule has 1 saturated heterocycles. The molecule has 10 heteroatoms. The standard InChI is InChI=1S/C32H35N3O7/c1-34(2)26-21-14-18-13-20-19(17-7-5-6-16(12-17)15-35-10-3-4-11-35)8-9-22(36)24(20)27(37)23(18)29(39)32(21,42)30(40)25(28(26)38)31(33)41/h5-9,12,18,21,26,36-37,40,42H,3-4,10-11,13-15H2,1-2H3,(H2,33,41)/t18-,21-,26-,32-/m1/s1. The summed E-state index contributed by atoms with van der Waals surface area (Å²) < 4.78 is 0. The number of phenolic OH excluding ortho intramolecular Hbond substituents is 1. The molecule has 0 radical (unpaired) electrons. The van der Waals surface area contributed by atoms with Crippen LogP contribution in [0.25, 0.3) is 16.9 Å². The molecular weight excluding hydrogens is 538 g/mol. The zero-order chi connectivity index (χ0) is 30.1. The number of aliphatic hydroxyl groups excluding tert-OH is 2. The van der Waals surface area contributed by atoms with Crippen molar-refractivity contribution in [2.75, 3.05) is 27.2 Å². The molecule has 2 aromatic carbocycles. The van der Waals surface area contributed by atoms with E-state index in [2.05, 4.69) is 17.0 Å². The number of Topliss-reactive ketones (excluding diaryl/α,β-unsaturated/α-hetero) is 2. The Bertz CT molecular complexity index is 1590. The van der Waals surface area contributed by atoms with E-state index in [4.69, 9.17) is 5.73 Å². The Morgan fingerprint density at radius 1 is 1.10 bits per heavy atom. The number of nitrogens with two attached hydrogens (primary N) is 1. The van der Waals surface area contributed by atoms with Crippen LogP contribution in [0.3, 0.4) is 0 Å². The van der Waals surface area contributed by atoms with Crippen LogP contribution in [0.2, 0.25) is 0 Å². The summed E-state index contributed by atoms with van der Waals surface area (Å²) in [6.07, 6.45) is 2.67. The van der Waals surface area contributed by atoms with Gasteiger partial charge in [0.05, 0.1) is 11.6 Å². The van der Waals surface area contributed by atoms with E-state index in [0.717, 1.165) is 36.3 Å². The largest absolute Gasteiger partial charge is 0.508 e. The molecule has 1 heterocycles. The third kappa shape index (κ3) is 4.08. The first-order valence-corrected chi connectivity index (χ1v) is 14.3. The number of hydrogen-bond donors (Lipinski definition) is 5. The topological polar surface area (TPSA) is 165 Å². The first kappa shape index (κ1) is 28.1. The van der Waals surface area contributed by atoms with E-state index < -0.39 is 58.0 Å². The zero-order valence-electron chi connectivity index (χ0n) is 23.6. The van der Waals surface area contributed by atoms with Gasteiger partial charge in [0.25, 0.3) is 5.91 Å². The van der Waals surface area contributed by atoms with Gasteiger partial charge in [0.1, 0.15) is 22.8 Å². The maximum absolute atomic E-state index is 14.0. The van der Waals surface area contributed by atoms with Gasteiger partial charge in [-0.25, -0.2) is 0 Å². The van der Waals surface area contributed by atoms with E-state index in [9.17, 15) is 34.8 Å². The highest BCUT2D eigenvalue weighted by Crippen LogP contribution is 2.53. The van der Waals surface area contributed by atoms with Crippen molar-refractivity contribution in [3.8, 4) is 16.9 Å². The molecule has 0 aromatic heterocycles. The van der Waals surface area contributed by atoms with Crippen molar-refractivity contribution in [2.24, 2.45) is 17.6 Å². The Morgan fingerprint density at radius 3 is 2.48 bits per heavy atom. The molecule has 2 aromatic rings. The highest BCUT2D eigenvalue weighted by molar-refractivity contribution is 6.24. The van der Waals surface area contributed by atoms with E-state index in [0.29, 0.717) is 5.56 Å². The number of carbonyl (C=O) groups excluding carboxylic acids is 3. The van der Waals surface area contributed by atoms with Crippen LogP contribution in [0.15, 0.2) is 53.3 Å². The van der Waals surface area contributed by atoms with Crippen LogP contribution in [0.5, 0.6) is 5.75 Å². The lowest BCUT2D eigenvalue weighted by atomic mass is 9.57. The predicted molar refractivity (Wildman–Crippen MR) is 154 cm³/mol. The van der Waals surface area contributed by atoms with Crippen molar-refractivity contribution in [1.82, 2.24) is 9.80 Å². The maximum atomic E-state index is 14.0. The third-order valence-electron chi connectivity index (χ3n) is 9.45. The summed E-state index contributed by atoms with van der Waals surface area (Å²) in [6.45, 7) is 2.95. The van der Waals surface area contributed by atoms with E-state index in [1.54, 1.807) is 20.2 Å². The van der Waals surface area contributed by atoms with Crippen LogP contribution in [-0.2, 0) is 27.3 Å². The van der Waals surface area contributed by atoms with E-state index >= 15 is 0 Å². The Morgan fingerprint density at radius 2 is 1.81 bits per heavy atom. The number of likely N-dealkylation sites (tertiary alicyclic amines) is 1. The second-order valence-corrected chi connectivity index (χ2v) is 12.1. The van der Waals surface area contributed by atoms with Gasteiger partial charge in [-0.2, -0.15) is 0 Å². The van der Waals surface area contributed by atoms with Crippen LogP contribution < -0.4 is 5.73 Å². The number of nitrogens with zero attached hydrogens (tertiary/aromatic N) is 2. The van der Waals surface area contributed by atoms with Crippen LogP contribution in [0.1, 0.15) is 36.0 Å². The molecule has 1 amide bonds. The highest BCUT2D eigenvalue weighted by atomic mass is 16.3. The van der Waals surface area contributed by atoms with Crippen molar-refractivity contribution in [1.29, 1.82) is 0 Å². The molecule has 3 aliphatic carbocycles. The van der Waals surface area contributed by atoms with Gasteiger partial charge in [-0.1, -0.05) is 24.3 Å². The van der Waals surface area contributed by atoms with Crippen molar-refractivity contribution < 1.29 is 34.8 Å². The number of fused-ring (bicyclic) bond motifs is 3. The fourth-order valence-corrected chi connectivity index (χ4v) is 7.55. The fourth-order valence-electron chi connectivity index (χ4n) is 7.55. The number of amides is 1. The lowest BCUT2D eigenvalue weighted by Crippen LogP contribution is -2.65. The third-order valence-corrected chi connectivity index (χ3v) is 9.45. The summed E-state index contributed by atoms with van der Waals surface area (Å²) in [4.78, 5) is 43.4. The van der Waals surface area contributed by atoms with Gasteiger partial charge in [0.15, 0.2) is 11.4 Å². The lowest BCUT2D eigenvalue weighted by molar-refractivity contribution is -0.153. The van der Waals surface area contributed by atoms with Gasteiger partial charge in [0, 0.05) is 18.0 Å². The normalized spacial score (nSPS) is 27.8. The lowest BCUT2D eigenvalue weighted by Gasteiger charge is -2.50. The molecule has 4 aliphatic rings. The number of rotatable bonds is 5. The molecule has 0 unspecified atom stereocenters. The molecule has 1 aliphatic heterocycles. The molecule has 6 N–H and O–H groups in total. The summed E-state index contributed by atoms with van der Waals surface area (Å²) in [5, 5.41) is 45.2. The second kappa shape index (κ2) is 10.1. The number of carbonyl (C=O) groups is 3. The fraction of sp³-hybridized carbons (Fsp3) is 0.406. The summed E-state index contributed by atoms with van der Waals surface area (Å²) in [7, 11) is 3.16. The summed E-state index contributed by atoms with van der Waals surface area (Å²) in [5.74, 6) is -6.58. The summed E-state index contributed by atoms with van der Waals surface area (Å²) >= 11 is 0. The average molecular weight is 574 g/mol. The number of ketones is 2. The Kier molecular flexibility index (Phi) is 6.75. The molecule has 6 rings (SSSR count). The predicted octanol–water partition coefficient (Wildman–Crippen LogP) is 2.23. The SMILES string of the molecule is CN(C)[C@H]1C(=O)C(C(N)=O)=C(O)[C@]2(O)C(=O)C3=C(O)c4c(O)ccc(-c5cccc(CN6CCCC6)c5)c4C[C@@H]3C[C@H]12. The smallest absolute Gasteiger partial charge is 0.255 e. The van der Waals surface area contributed by atoms with Gasteiger partial charge < -0.3 is 26.2 Å². The molecule has 2 fully saturated rings. The molecule has 0 bridgehead atoms. The van der Waals surface area contributed by atoms with Crippen LogP contribution in [0.4, 0.5) is 0 Å². The first-order valence-electron chi connectivity index (χ1n) is 14.3. The number of aromatic hydroxyl groups is 1. The molecule has 42 heavy (non-hydrogen) atoms. The molecule has 0 spiro atoms. The molecule has 10 nitrogen and oxygen atoms in total.